The minimum atomic E-state index is -1.56. The molecule has 0 bridgehead atoms. The molecule has 3 unspecified atom stereocenters. The summed E-state index contributed by atoms with van der Waals surface area (Å²) in [6.07, 6.45) is 3.82. The summed E-state index contributed by atoms with van der Waals surface area (Å²) in [5.74, 6) is -1.88. The molecule has 2 aliphatic heterocycles. The highest BCUT2D eigenvalue weighted by Crippen LogP contribution is 2.61. The summed E-state index contributed by atoms with van der Waals surface area (Å²) in [5.41, 5.74) is 0.708. The number of rotatable bonds is 2. The van der Waals surface area contributed by atoms with Gasteiger partial charge < -0.3 is 4.90 Å². The Labute approximate surface area is 223 Å². The van der Waals surface area contributed by atoms with Crippen LogP contribution in [-0.2, 0) is 4.79 Å². The molecule has 3 aromatic rings. The van der Waals surface area contributed by atoms with Crippen molar-refractivity contribution >= 4 is 45.0 Å². The maximum atomic E-state index is 14.4. The molecule has 0 amide bonds. The molecule has 3 atom stereocenters. The second-order valence-corrected chi connectivity index (χ2v) is 12.0. The molecule has 2 heterocycles. The second-order valence-electron chi connectivity index (χ2n) is 11.1. The van der Waals surface area contributed by atoms with Crippen LogP contribution < -0.4 is 4.90 Å². The number of halogens is 2. The van der Waals surface area contributed by atoms with Crippen molar-refractivity contribution in [1.82, 2.24) is 0 Å². The van der Waals surface area contributed by atoms with E-state index in [4.69, 9.17) is 0 Å². The van der Waals surface area contributed by atoms with Crippen molar-refractivity contribution in [3.8, 4) is 0 Å². The number of nitrogens with zero attached hydrogens (tertiary/aromatic N) is 1. The van der Waals surface area contributed by atoms with Gasteiger partial charge >= 0.3 is 0 Å². The normalized spacial score (nSPS) is 23.3. The number of carbonyl (C=O) groups excluding carboxylic acids is 3. The largest absolute Gasteiger partial charge is 0.352 e. The van der Waals surface area contributed by atoms with E-state index in [0.29, 0.717) is 16.7 Å². The van der Waals surface area contributed by atoms with E-state index < -0.39 is 34.6 Å². The van der Waals surface area contributed by atoms with Crippen molar-refractivity contribution in [2.45, 2.75) is 38.8 Å². The summed E-state index contributed by atoms with van der Waals surface area (Å²) in [6.45, 7) is 5.56. The fourth-order valence-corrected chi connectivity index (χ4v) is 6.81. The molecule has 0 saturated carbocycles. The zero-order valence-corrected chi connectivity index (χ0v) is 22.3. The summed E-state index contributed by atoms with van der Waals surface area (Å²) in [7, 11) is 0. The topological polar surface area (TPSA) is 54.5 Å². The number of carbonyl (C=O) groups is 3. The standard InChI is InChI=1S/C31H25BrFNO3/c1-30(2,3)29(37)26-25(17-8-12-20(33)13-9-17)31(27(35)21-6-4-5-7-22(21)28(31)36)24-15-10-18-16-19(32)11-14-23(18)34(24)26/h4-16,24-26H,1-3H3. The smallest absolute Gasteiger partial charge is 0.180 e. The average Bonchev–Trinajstić information content (AvgIpc) is 3.29. The van der Waals surface area contributed by atoms with E-state index >= 15 is 0 Å². The molecule has 37 heavy (non-hydrogen) atoms. The molecular formula is C31H25BrFNO3. The molecule has 1 fully saturated rings. The number of fused-ring (bicyclic) bond motifs is 5. The van der Waals surface area contributed by atoms with Gasteiger partial charge in [0, 0.05) is 32.6 Å². The first-order valence-corrected chi connectivity index (χ1v) is 13.1. The van der Waals surface area contributed by atoms with Gasteiger partial charge in [-0.05, 0) is 41.5 Å². The van der Waals surface area contributed by atoms with Gasteiger partial charge in [-0.25, -0.2) is 4.39 Å². The lowest BCUT2D eigenvalue weighted by Gasteiger charge is -2.38. The first-order chi connectivity index (χ1) is 17.6. The van der Waals surface area contributed by atoms with Crippen LogP contribution in [0.4, 0.5) is 10.1 Å². The lowest BCUT2D eigenvalue weighted by molar-refractivity contribution is -0.127. The Morgan fingerprint density at radius 3 is 2.16 bits per heavy atom. The van der Waals surface area contributed by atoms with Crippen LogP contribution in [0.2, 0.25) is 0 Å². The molecule has 186 valence electrons. The molecule has 1 spiro atoms. The van der Waals surface area contributed by atoms with Gasteiger partial charge in [-0.3, -0.25) is 14.4 Å². The van der Waals surface area contributed by atoms with Crippen molar-refractivity contribution in [1.29, 1.82) is 0 Å². The van der Waals surface area contributed by atoms with Gasteiger partial charge in [-0.15, -0.1) is 0 Å². The van der Waals surface area contributed by atoms with Crippen LogP contribution in [0.15, 0.2) is 77.3 Å². The van der Waals surface area contributed by atoms with E-state index in [1.807, 2.05) is 56.0 Å². The first-order valence-electron chi connectivity index (χ1n) is 12.3. The average molecular weight is 558 g/mol. The Hall–Kier alpha value is -3.38. The van der Waals surface area contributed by atoms with Gasteiger partial charge in [0.15, 0.2) is 17.3 Å². The summed E-state index contributed by atoms with van der Waals surface area (Å²) in [5, 5.41) is 0. The molecule has 6 heteroatoms. The van der Waals surface area contributed by atoms with Gasteiger partial charge in [0.1, 0.15) is 11.2 Å². The summed E-state index contributed by atoms with van der Waals surface area (Å²) < 4.78 is 14.9. The van der Waals surface area contributed by atoms with Crippen LogP contribution in [0.5, 0.6) is 0 Å². The fourth-order valence-electron chi connectivity index (χ4n) is 6.43. The van der Waals surface area contributed by atoms with Gasteiger partial charge in [0.25, 0.3) is 0 Å². The lowest BCUT2D eigenvalue weighted by atomic mass is 9.63. The summed E-state index contributed by atoms with van der Waals surface area (Å²) >= 11 is 3.53. The second kappa shape index (κ2) is 8.06. The van der Waals surface area contributed by atoms with Gasteiger partial charge in [-0.1, -0.05) is 85.3 Å². The molecule has 3 aromatic carbocycles. The Kier molecular flexibility index (Phi) is 5.22. The van der Waals surface area contributed by atoms with E-state index in [-0.39, 0.29) is 17.3 Å². The van der Waals surface area contributed by atoms with Crippen molar-refractivity contribution in [3.05, 3.63) is 105 Å². The molecule has 1 aliphatic carbocycles. The maximum Gasteiger partial charge on any atom is 0.180 e. The first kappa shape index (κ1) is 24.0. The van der Waals surface area contributed by atoms with Crippen LogP contribution in [0.3, 0.4) is 0 Å². The highest BCUT2D eigenvalue weighted by atomic mass is 79.9. The lowest BCUT2D eigenvalue weighted by Crippen LogP contribution is -2.49. The zero-order valence-electron chi connectivity index (χ0n) is 20.7. The highest BCUT2D eigenvalue weighted by molar-refractivity contribution is 9.10. The van der Waals surface area contributed by atoms with Crippen LogP contribution in [0, 0.1) is 16.6 Å². The van der Waals surface area contributed by atoms with Crippen molar-refractivity contribution in [2.75, 3.05) is 4.90 Å². The molecule has 0 aromatic heterocycles. The van der Waals surface area contributed by atoms with Crippen LogP contribution in [0.1, 0.15) is 58.5 Å². The molecule has 6 rings (SSSR count). The predicted molar refractivity (Wildman–Crippen MR) is 144 cm³/mol. The van der Waals surface area contributed by atoms with E-state index in [0.717, 1.165) is 15.7 Å². The maximum absolute atomic E-state index is 14.4. The van der Waals surface area contributed by atoms with E-state index in [9.17, 15) is 18.8 Å². The monoisotopic (exact) mass is 557 g/mol. The number of ketones is 3. The minimum Gasteiger partial charge on any atom is -0.352 e. The Morgan fingerprint density at radius 1 is 0.946 bits per heavy atom. The van der Waals surface area contributed by atoms with E-state index in [1.54, 1.807) is 36.4 Å². The number of benzene rings is 3. The molecule has 0 N–H and O–H groups in total. The third kappa shape index (κ3) is 3.21. The fraction of sp³-hybridized carbons (Fsp3) is 0.258. The van der Waals surface area contributed by atoms with Crippen molar-refractivity contribution < 1.29 is 18.8 Å². The number of anilines is 1. The van der Waals surface area contributed by atoms with Crippen LogP contribution >= 0.6 is 15.9 Å². The molecule has 4 nitrogen and oxygen atoms in total. The number of hydrogen-bond donors (Lipinski definition) is 0. The third-order valence-corrected chi connectivity index (χ3v) is 8.50. The van der Waals surface area contributed by atoms with Gasteiger partial charge in [-0.2, -0.15) is 0 Å². The number of Topliss-reactive ketones (excluding diaryl/α,β-unsaturated/α-hetero) is 3. The van der Waals surface area contributed by atoms with Gasteiger partial charge in [0.05, 0.1) is 12.1 Å². The number of hydrogen-bond acceptors (Lipinski definition) is 4. The third-order valence-electron chi connectivity index (χ3n) is 8.00. The quantitative estimate of drug-likeness (QED) is 0.331. The molecule has 3 aliphatic rings. The molecule has 1 saturated heterocycles. The Morgan fingerprint density at radius 2 is 1.57 bits per heavy atom. The zero-order chi connectivity index (χ0) is 26.3. The highest BCUT2D eigenvalue weighted by Gasteiger charge is 2.71. The Bertz CT molecular complexity index is 1480. The van der Waals surface area contributed by atoms with Gasteiger partial charge in [0.2, 0.25) is 0 Å². The Balaban J connectivity index is 1.70. The van der Waals surface area contributed by atoms with E-state index in [2.05, 4.69) is 15.9 Å². The predicted octanol–water partition coefficient (Wildman–Crippen LogP) is 6.64. The van der Waals surface area contributed by atoms with Crippen LogP contribution in [-0.4, -0.2) is 29.4 Å². The van der Waals surface area contributed by atoms with E-state index in [1.165, 1.54) is 12.1 Å². The minimum absolute atomic E-state index is 0.0792. The molecule has 0 radical (unpaired) electrons. The molecular weight excluding hydrogens is 533 g/mol. The summed E-state index contributed by atoms with van der Waals surface area (Å²) in [6, 6.07) is 17.1. The van der Waals surface area contributed by atoms with Crippen molar-refractivity contribution in [2.24, 2.45) is 10.8 Å². The SMILES string of the molecule is CC(C)(C)C(=O)C1C(c2ccc(F)cc2)C2(C(=O)c3ccccc3C2=O)C2C=Cc3cc(Br)ccc3N12. The van der Waals surface area contributed by atoms with Crippen molar-refractivity contribution in [3.63, 3.8) is 0 Å². The van der Waals surface area contributed by atoms with Crippen LogP contribution in [0.25, 0.3) is 6.08 Å². The summed E-state index contributed by atoms with van der Waals surface area (Å²) in [4.78, 5) is 45.2.